The van der Waals surface area contributed by atoms with Crippen LogP contribution >= 0.6 is 0 Å². The molecule has 1 aromatic rings. The van der Waals surface area contributed by atoms with Crippen molar-refractivity contribution in [3.8, 4) is 0 Å². The van der Waals surface area contributed by atoms with Gasteiger partial charge < -0.3 is 5.11 Å². The Kier molecular flexibility index (Phi) is 3.85. The quantitative estimate of drug-likeness (QED) is 0.913. The van der Waals surface area contributed by atoms with Crippen molar-refractivity contribution >= 4 is 5.97 Å². The molecule has 1 aliphatic rings. The maximum atomic E-state index is 13.2. The molecule has 0 saturated carbocycles. The summed E-state index contributed by atoms with van der Waals surface area (Å²) in [6.45, 7) is 2.73. The van der Waals surface area contributed by atoms with Gasteiger partial charge in [0.05, 0.1) is 0 Å². The number of carboxylic acid groups (broad SMARTS) is 1. The average Bonchev–Trinajstić information content (AvgIpc) is 2.71. The minimum absolute atomic E-state index is 0.259. The van der Waals surface area contributed by atoms with Crippen molar-refractivity contribution in [2.45, 2.75) is 38.3 Å². The summed E-state index contributed by atoms with van der Waals surface area (Å²) in [7, 11) is 0. The average molecular weight is 269 g/mol. The van der Waals surface area contributed by atoms with Crippen LogP contribution in [0.2, 0.25) is 0 Å². The highest BCUT2D eigenvalue weighted by molar-refractivity contribution is 5.79. The predicted octanol–water partition coefficient (Wildman–Crippen LogP) is 2.79. The van der Waals surface area contributed by atoms with Gasteiger partial charge in [0.1, 0.15) is 17.2 Å². The Bertz CT molecular complexity index is 472. The zero-order chi connectivity index (χ0) is 14.0. The fraction of sp³-hybridized carbons (Fsp3) is 0.500. The molecule has 104 valence electrons. The second-order valence-corrected chi connectivity index (χ2v) is 4.99. The van der Waals surface area contributed by atoms with Crippen LogP contribution in [0, 0.1) is 11.6 Å². The molecule has 0 radical (unpaired) electrons. The molecule has 3 nitrogen and oxygen atoms in total. The molecular weight excluding hydrogens is 252 g/mol. The van der Waals surface area contributed by atoms with Gasteiger partial charge in [-0.1, -0.05) is 6.92 Å². The van der Waals surface area contributed by atoms with E-state index in [1.807, 2.05) is 11.8 Å². The molecule has 1 N–H and O–H groups in total. The van der Waals surface area contributed by atoms with E-state index in [4.69, 9.17) is 0 Å². The second kappa shape index (κ2) is 5.25. The molecule has 2 rings (SSSR count). The minimum atomic E-state index is -0.900. The van der Waals surface area contributed by atoms with Crippen LogP contribution in [-0.2, 0) is 11.3 Å². The molecule has 1 aromatic carbocycles. The highest BCUT2D eigenvalue weighted by Crippen LogP contribution is 2.34. The van der Waals surface area contributed by atoms with Crippen LogP contribution in [0.15, 0.2) is 18.2 Å². The van der Waals surface area contributed by atoms with Crippen molar-refractivity contribution in [2.24, 2.45) is 0 Å². The van der Waals surface area contributed by atoms with Crippen LogP contribution in [0.4, 0.5) is 8.78 Å². The maximum absolute atomic E-state index is 13.2. The first kappa shape index (κ1) is 13.9. The Hall–Kier alpha value is -1.49. The van der Waals surface area contributed by atoms with Gasteiger partial charge >= 0.3 is 5.97 Å². The lowest BCUT2D eigenvalue weighted by Crippen LogP contribution is -2.49. The number of rotatable bonds is 4. The van der Waals surface area contributed by atoms with E-state index in [0.29, 0.717) is 24.9 Å². The third kappa shape index (κ3) is 2.61. The van der Waals surface area contributed by atoms with Crippen LogP contribution in [0.1, 0.15) is 31.7 Å². The molecule has 1 saturated heterocycles. The lowest BCUT2D eigenvalue weighted by molar-refractivity contribution is -0.150. The normalized spacial score (nSPS) is 23.7. The van der Waals surface area contributed by atoms with Crippen molar-refractivity contribution in [1.82, 2.24) is 4.90 Å². The largest absolute Gasteiger partial charge is 0.480 e. The van der Waals surface area contributed by atoms with Crippen molar-refractivity contribution in [3.05, 3.63) is 35.4 Å². The number of hydrogen-bond donors (Lipinski definition) is 1. The fourth-order valence-corrected chi connectivity index (χ4v) is 2.88. The summed E-state index contributed by atoms with van der Waals surface area (Å²) >= 11 is 0. The van der Waals surface area contributed by atoms with Gasteiger partial charge in [-0.3, -0.25) is 9.69 Å². The second-order valence-electron chi connectivity index (χ2n) is 4.99. The van der Waals surface area contributed by atoms with E-state index >= 15 is 0 Å². The molecule has 1 heterocycles. The molecule has 1 fully saturated rings. The smallest absolute Gasteiger partial charge is 0.324 e. The van der Waals surface area contributed by atoms with Gasteiger partial charge in [-0.05, 0) is 43.5 Å². The monoisotopic (exact) mass is 269 g/mol. The van der Waals surface area contributed by atoms with Gasteiger partial charge in [0.25, 0.3) is 0 Å². The van der Waals surface area contributed by atoms with Gasteiger partial charge in [0.15, 0.2) is 0 Å². The summed E-state index contributed by atoms with van der Waals surface area (Å²) in [6, 6.07) is 3.32. The lowest BCUT2D eigenvalue weighted by atomic mass is 9.92. The summed E-state index contributed by atoms with van der Waals surface area (Å²) in [4.78, 5) is 13.3. The molecule has 19 heavy (non-hydrogen) atoms. The fourth-order valence-electron chi connectivity index (χ4n) is 2.88. The number of nitrogens with zero attached hydrogens (tertiary/aromatic N) is 1. The minimum Gasteiger partial charge on any atom is -0.480 e. The number of carbonyl (C=O) groups is 1. The van der Waals surface area contributed by atoms with Crippen LogP contribution in [-0.4, -0.2) is 28.1 Å². The van der Waals surface area contributed by atoms with Crippen LogP contribution in [0.3, 0.4) is 0 Å². The van der Waals surface area contributed by atoms with E-state index < -0.39 is 23.1 Å². The van der Waals surface area contributed by atoms with Gasteiger partial charge in [0.2, 0.25) is 0 Å². The third-order valence-corrected chi connectivity index (χ3v) is 3.90. The van der Waals surface area contributed by atoms with Gasteiger partial charge in [-0.15, -0.1) is 0 Å². The Balaban J connectivity index is 2.24. The molecule has 1 unspecified atom stereocenters. The number of benzene rings is 1. The van der Waals surface area contributed by atoms with Crippen molar-refractivity contribution < 1.29 is 18.7 Å². The third-order valence-electron chi connectivity index (χ3n) is 3.90. The lowest BCUT2D eigenvalue weighted by Gasteiger charge is -2.33. The molecule has 0 spiro atoms. The number of likely N-dealkylation sites (tertiary alicyclic amines) is 1. The van der Waals surface area contributed by atoms with E-state index in [1.165, 1.54) is 12.1 Å². The molecule has 1 aliphatic heterocycles. The first-order valence-corrected chi connectivity index (χ1v) is 6.41. The molecule has 5 heteroatoms. The summed E-state index contributed by atoms with van der Waals surface area (Å²) in [5.74, 6) is -2.12. The first-order chi connectivity index (χ1) is 8.98. The first-order valence-electron chi connectivity index (χ1n) is 6.41. The molecular formula is C14H17F2NO2. The molecule has 0 amide bonds. The van der Waals surface area contributed by atoms with Crippen LogP contribution < -0.4 is 0 Å². The molecule has 0 bridgehead atoms. The van der Waals surface area contributed by atoms with E-state index in [1.54, 1.807) is 0 Å². The van der Waals surface area contributed by atoms with E-state index in [0.717, 1.165) is 12.5 Å². The number of halogens is 2. The Morgan fingerprint density at radius 1 is 1.37 bits per heavy atom. The van der Waals surface area contributed by atoms with E-state index in [9.17, 15) is 18.7 Å². The SMILES string of the molecule is CCC1(C(=O)O)CCCN1Cc1cc(F)cc(F)c1. The molecule has 0 aromatic heterocycles. The Morgan fingerprint density at radius 2 is 2.00 bits per heavy atom. The Labute approximate surface area is 110 Å². The number of aliphatic carboxylic acids is 1. The summed E-state index contributed by atoms with van der Waals surface area (Å²) < 4.78 is 26.3. The zero-order valence-corrected chi connectivity index (χ0v) is 10.8. The number of carboxylic acids is 1. The Morgan fingerprint density at radius 3 is 2.53 bits per heavy atom. The van der Waals surface area contributed by atoms with Crippen LogP contribution in [0.25, 0.3) is 0 Å². The van der Waals surface area contributed by atoms with Gasteiger partial charge in [-0.25, -0.2) is 8.78 Å². The van der Waals surface area contributed by atoms with Crippen LogP contribution in [0.5, 0.6) is 0 Å². The van der Waals surface area contributed by atoms with E-state index in [2.05, 4.69) is 0 Å². The highest BCUT2D eigenvalue weighted by atomic mass is 19.1. The maximum Gasteiger partial charge on any atom is 0.324 e. The highest BCUT2D eigenvalue weighted by Gasteiger charge is 2.45. The zero-order valence-electron chi connectivity index (χ0n) is 10.8. The standard InChI is InChI=1S/C14H17F2NO2/c1-2-14(13(18)19)4-3-5-17(14)9-10-6-11(15)8-12(16)7-10/h6-8H,2-5,9H2,1H3,(H,18,19). The summed E-state index contributed by atoms with van der Waals surface area (Å²) in [5, 5.41) is 9.43. The predicted molar refractivity (Wildman–Crippen MR) is 66.7 cm³/mol. The summed E-state index contributed by atoms with van der Waals surface area (Å²) in [6.07, 6.45) is 1.86. The number of hydrogen-bond acceptors (Lipinski definition) is 2. The van der Waals surface area contributed by atoms with Crippen molar-refractivity contribution in [2.75, 3.05) is 6.54 Å². The van der Waals surface area contributed by atoms with Crippen molar-refractivity contribution in [3.63, 3.8) is 0 Å². The molecule has 0 aliphatic carbocycles. The van der Waals surface area contributed by atoms with Crippen molar-refractivity contribution in [1.29, 1.82) is 0 Å². The molecule has 1 atom stereocenters. The van der Waals surface area contributed by atoms with Gasteiger partial charge in [-0.2, -0.15) is 0 Å². The summed E-state index contributed by atoms with van der Waals surface area (Å²) in [5.41, 5.74) is -0.429. The van der Waals surface area contributed by atoms with Gasteiger partial charge in [0, 0.05) is 12.6 Å². The van der Waals surface area contributed by atoms with E-state index in [-0.39, 0.29) is 6.54 Å². The topological polar surface area (TPSA) is 40.5 Å².